The SMILES string of the molecule is N#Cc1cc(C=O)ccc1F.O=C1OC(=Cc2ccc(Br)s2)C2=C1CCCC2. The Bertz CT molecular complexity index is 1030. The van der Waals surface area contributed by atoms with Crippen molar-refractivity contribution >= 4 is 45.6 Å². The third-order valence-corrected chi connectivity index (χ3v) is 5.90. The number of hydrogen-bond acceptors (Lipinski definition) is 5. The number of nitriles is 1. The van der Waals surface area contributed by atoms with Gasteiger partial charge in [0.2, 0.25) is 0 Å². The summed E-state index contributed by atoms with van der Waals surface area (Å²) in [5, 5.41) is 8.33. The van der Waals surface area contributed by atoms with Crippen LogP contribution in [0, 0.1) is 17.1 Å². The molecule has 2 aromatic rings. The number of aldehydes is 1. The number of carbonyl (C=O) groups is 2. The van der Waals surface area contributed by atoms with Gasteiger partial charge in [0.05, 0.1) is 9.35 Å². The molecular weight excluding hydrogens is 445 g/mol. The number of benzene rings is 1. The second-order valence-electron chi connectivity index (χ2n) is 6.17. The normalized spacial score (nSPS) is 16.8. The van der Waals surface area contributed by atoms with Gasteiger partial charge in [0.15, 0.2) is 0 Å². The quantitative estimate of drug-likeness (QED) is 0.421. The summed E-state index contributed by atoms with van der Waals surface area (Å²) in [5.41, 5.74) is 2.24. The van der Waals surface area contributed by atoms with Gasteiger partial charge in [-0.3, -0.25) is 4.79 Å². The van der Waals surface area contributed by atoms with E-state index in [0.29, 0.717) is 11.8 Å². The Morgan fingerprint density at radius 2 is 1.93 bits per heavy atom. The molecule has 1 aromatic carbocycles. The number of thiophene rings is 1. The van der Waals surface area contributed by atoms with Gasteiger partial charge in [0.25, 0.3) is 0 Å². The molecule has 4 rings (SSSR count). The summed E-state index contributed by atoms with van der Waals surface area (Å²) in [6.45, 7) is 0. The molecule has 0 saturated carbocycles. The average Bonchev–Trinajstić information content (AvgIpc) is 3.26. The highest BCUT2D eigenvalue weighted by Gasteiger charge is 2.31. The smallest absolute Gasteiger partial charge is 0.339 e. The maximum absolute atomic E-state index is 12.6. The average molecular weight is 460 g/mol. The van der Waals surface area contributed by atoms with Gasteiger partial charge in [0.1, 0.15) is 23.9 Å². The van der Waals surface area contributed by atoms with Gasteiger partial charge in [-0.2, -0.15) is 5.26 Å². The first-order chi connectivity index (χ1) is 13.5. The molecule has 28 heavy (non-hydrogen) atoms. The van der Waals surface area contributed by atoms with Crippen molar-refractivity contribution in [2.75, 3.05) is 0 Å². The van der Waals surface area contributed by atoms with E-state index in [0.717, 1.165) is 57.3 Å². The second kappa shape index (κ2) is 9.09. The van der Waals surface area contributed by atoms with Crippen molar-refractivity contribution in [1.29, 1.82) is 5.26 Å². The Hall–Kier alpha value is -2.56. The minimum absolute atomic E-state index is 0.102. The number of ether oxygens (including phenoxy) is 1. The van der Waals surface area contributed by atoms with Crippen LogP contribution < -0.4 is 0 Å². The first-order valence-corrected chi connectivity index (χ1v) is 10.2. The van der Waals surface area contributed by atoms with Crippen LogP contribution in [0.15, 0.2) is 51.0 Å². The summed E-state index contributed by atoms with van der Waals surface area (Å²) >= 11 is 5.07. The van der Waals surface area contributed by atoms with Gasteiger partial charge in [0, 0.05) is 21.6 Å². The minimum Gasteiger partial charge on any atom is -0.423 e. The molecule has 0 bridgehead atoms. The van der Waals surface area contributed by atoms with E-state index in [1.165, 1.54) is 12.1 Å². The van der Waals surface area contributed by atoms with Crippen LogP contribution in [0.3, 0.4) is 0 Å². The lowest BCUT2D eigenvalue weighted by molar-refractivity contribution is -0.133. The molecule has 4 nitrogen and oxygen atoms in total. The molecule has 0 atom stereocenters. The molecule has 2 heterocycles. The summed E-state index contributed by atoms with van der Waals surface area (Å²) in [7, 11) is 0. The van der Waals surface area contributed by atoms with Crippen molar-refractivity contribution in [1.82, 2.24) is 0 Å². The van der Waals surface area contributed by atoms with Crippen LogP contribution in [0.4, 0.5) is 4.39 Å². The summed E-state index contributed by atoms with van der Waals surface area (Å²) in [6, 6.07) is 9.30. The molecule has 1 aliphatic carbocycles. The Balaban J connectivity index is 0.000000178. The van der Waals surface area contributed by atoms with Gasteiger partial charge in [-0.05, 0) is 78.0 Å². The number of rotatable bonds is 2. The summed E-state index contributed by atoms with van der Waals surface area (Å²) in [6.07, 6.45) is 6.65. The lowest BCUT2D eigenvalue weighted by Crippen LogP contribution is -2.01. The van der Waals surface area contributed by atoms with Gasteiger partial charge in [-0.25, -0.2) is 9.18 Å². The molecule has 1 aliphatic heterocycles. The molecule has 0 amide bonds. The zero-order valence-corrected chi connectivity index (χ0v) is 17.1. The van der Waals surface area contributed by atoms with Gasteiger partial charge in [-0.15, -0.1) is 11.3 Å². The molecule has 0 spiro atoms. The fourth-order valence-corrected chi connectivity index (χ4v) is 4.34. The number of halogens is 2. The van der Waals surface area contributed by atoms with Crippen LogP contribution in [0.1, 0.15) is 46.5 Å². The molecule has 0 N–H and O–H groups in total. The molecular formula is C21H15BrFNO3S. The Kier molecular flexibility index (Phi) is 6.55. The van der Waals surface area contributed by atoms with E-state index < -0.39 is 5.82 Å². The van der Waals surface area contributed by atoms with Crippen LogP contribution in [0.2, 0.25) is 0 Å². The van der Waals surface area contributed by atoms with Crippen molar-refractivity contribution in [3.63, 3.8) is 0 Å². The van der Waals surface area contributed by atoms with E-state index in [1.807, 2.05) is 18.2 Å². The van der Waals surface area contributed by atoms with E-state index in [1.54, 1.807) is 17.4 Å². The molecule has 1 aromatic heterocycles. The summed E-state index contributed by atoms with van der Waals surface area (Å²) in [4.78, 5) is 23.0. The summed E-state index contributed by atoms with van der Waals surface area (Å²) < 4.78 is 19.0. The van der Waals surface area contributed by atoms with Crippen LogP contribution in [0.25, 0.3) is 6.08 Å². The van der Waals surface area contributed by atoms with E-state index in [-0.39, 0.29) is 11.5 Å². The largest absolute Gasteiger partial charge is 0.423 e. The topological polar surface area (TPSA) is 67.2 Å². The number of hydrogen-bond donors (Lipinski definition) is 0. The zero-order valence-electron chi connectivity index (χ0n) is 14.7. The lowest BCUT2D eigenvalue weighted by Gasteiger charge is -2.09. The highest BCUT2D eigenvalue weighted by molar-refractivity contribution is 9.11. The number of nitrogens with zero attached hydrogens (tertiary/aromatic N) is 1. The first-order valence-electron chi connectivity index (χ1n) is 8.58. The van der Waals surface area contributed by atoms with E-state index >= 15 is 0 Å². The van der Waals surface area contributed by atoms with E-state index in [9.17, 15) is 14.0 Å². The predicted molar refractivity (Wildman–Crippen MR) is 108 cm³/mol. The van der Waals surface area contributed by atoms with Crippen LogP contribution in [-0.4, -0.2) is 12.3 Å². The third-order valence-electron chi connectivity index (χ3n) is 4.33. The molecule has 142 valence electrons. The van der Waals surface area contributed by atoms with Crippen LogP contribution in [-0.2, 0) is 9.53 Å². The molecule has 0 radical (unpaired) electrons. The summed E-state index contributed by atoms with van der Waals surface area (Å²) in [5.74, 6) is 0.0266. The number of allylic oxidation sites excluding steroid dienone is 1. The fraction of sp³-hybridized carbons (Fsp3) is 0.190. The highest BCUT2D eigenvalue weighted by atomic mass is 79.9. The molecule has 0 saturated heterocycles. The number of cyclic esters (lactones) is 1. The molecule has 7 heteroatoms. The lowest BCUT2D eigenvalue weighted by atomic mass is 9.92. The van der Waals surface area contributed by atoms with Gasteiger partial charge < -0.3 is 4.74 Å². The number of carbonyl (C=O) groups excluding carboxylic acids is 2. The van der Waals surface area contributed by atoms with Crippen LogP contribution in [0.5, 0.6) is 0 Å². The monoisotopic (exact) mass is 459 g/mol. The maximum Gasteiger partial charge on any atom is 0.339 e. The standard InChI is InChI=1S/C13H11BrO2S.C8H4FNO/c14-12-6-5-8(17-12)7-11-9-3-1-2-4-10(9)13(15)16-11;9-8-2-1-6(5-11)3-7(8)4-10/h5-7H,1-4H2;1-3,5H. The zero-order chi connectivity index (χ0) is 20.1. The van der Waals surface area contributed by atoms with Crippen LogP contribution >= 0.6 is 27.3 Å². The van der Waals surface area contributed by atoms with Crippen molar-refractivity contribution in [3.05, 3.63) is 72.8 Å². The predicted octanol–water partition coefficient (Wildman–Crippen LogP) is 5.79. The fourth-order valence-electron chi connectivity index (χ4n) is 2.98. The molecule has 0 fully saturated rings. The van der Waals surface area contributed by atoms with E-state index in [4.69, 9.17) is 10.00 Å². The minimum atomic E-state index is -0.599. The maximum atomic E-state index is 12.6. The second-order valence-corrected chi connectivity index (χ2v) is 8.67. The highest BCUT2D eigenvalue weighted by Crippen LogP contribution is 2.38. The molecule has 2 aliphatic rings. The Morgan fingerprint density at radius 1 is 1.18 bits per heavy atom. The Labute approximate surface area is 174 Å². The van der Waals surface area contributed by atoms with E-state index in [2.05, 4.69) is 15.9 Å². The molecule has 0 unspecified atom stereocenters. The van der Waals surface area contributed by atoms with Crippen molar-refractivity contribution < 1.29 is 18.7 Å². The van der Waals surface area contributed by atoms with Gasteiger partial charge >= 0.3 is 5.97 Å². The number of esters is 1. The van der Waals surface area contributed by atoms with Crippen molar-refractivity contribution in [2.45, 2.75) is 25.7 Å². The van der Waals surface area contributed by atoms with Crippen molar-refractivity contribution in [3.8, 4) is 6.07 Å². The Morgan fingerprint density at radius 3 is 2.57 bits per heavy atom. The van der Waals surface area contributed by atoms with Crippen molar-refractivity contribution in [2.24, 2.45) is 0 Å². The first kappa shape index (κ1) is 20.2. The third kappa shape index (κ3) is 4.64. The van der Waals surface area contributed by atoms with Gasteiger partial charge in [-0.1, -0.05) is 0 Å².